The smallest absolute Gasteiger partial charge is 0.302 e. The molecule has 0 aliphatic rings. The lowest BCUT2D eigenvalue weighted by molar-refractivity contribution is -0.0170. The highest BCUT2D eigenvalue weighted by Crippen LogP contribution is 2.52. The van der Waals surface area contributed by atoms with Crippen molar-refractivity contribution in [2.75, 3.05) is 6.61 Å². The molecule has 204 valence electrons. The predicted molar refractivity (Wildman–Crippen MR) is 132 cm³/mol. The van der Waals surface area contributed by atoms with E-state index >= 15 is 4.39 Å². The number of hydrogen-bond donors (Lipinski definition) is 1. The Kier molecular flexibility index (Phi) is 11.3. The van der Waals surface area contributed by atoms with Crippen molar-refractivity contribution in [1.82, 2.24) is 29.5 Å². The molecule has 2 heterocycles. The van der Waals surface area contributed by atoms with E-state index in [-0.39, 0.29) is 25.3 Å². The van der Waals surface area contributed by atoms with Crippen LogP contribution in [0.2, 0.25) is 0 Å². The summed E-state index contributed by atoms with van der Waals surface area (Å²) >= 11 is 0. The summed E-state index contributed by atoms with van der Waals surface area (Å²) < 4.78 is 55.5. The fraction of sp³-hybridized carbons (Fsp3) is 0.583. The van der Waals surface area contributed by atoms with Gasteiger partial charge < -0.3 is 4.89 Å². The number of hydrogen-bond acceptors (Lipinski definition) is 7. The van der Waals surface area contributed by atoms with Crippen LogP contribution in [0.25, 0.3) is 0 Å². The third-order valence-corrected chi connectivity index (χ3v) is 7.07. The SMILES string of the molecule is CCCCCCCCCCCOP(=O)(O)OC(Cn1cncn1)(Cn1cncn1)c1ccc(F)cc1F. The van der Waals surface area contributed by atoms with Crippen LogP contribution in [0.3, 0.4) is 0 Å². The number of unbranched alkanes of at least 4 members (excludes halogenated alkanes) is 8. The van der Waals surface area contributed by atoms with Gasteiger partial charge in [0.05, 0.1) is 19.7 Å². The number of nitrogens with zero attached hydrogens (tertiary/aromatic N) is 6. The van der Waals surface area contributed by atoms with E-state index in [0.717, 1.165) is 25.3 Å². The van der Waals surface area contributed by atoms with Crippen LogP contribution >= 0.6 is 7.82 Å². The first-order valence-electron chi connectivity index (χ1n) is 12.6. The maximum Gasteiger partial charge on any atom is 0.473 e. The third kappa shape index (κ3) is 9.37. The summed E-state index contributed by atoms with van der Waals surface area (Å²) in [5, 5.41) is 8.06. The molecule has 0 saturated carbocycles. The quantitative estimate of drug-likeness (QED) is 0.168. The summed E-state index contributed by atoms with van der Waals surface area (Å²) in [6.07, 6.45) is 14.9. The lowest BCUT2D eigenvalue weighted by atomic mass is 9.93. The molecule has 0 radical (unpaired) electrons. The molecule has 0 saturated heterocycles. The van der Waals surface area contributed by atoms with Crippen LogP contribution in [0.4, 0.5) is 8.78 Å². The molecule has 37 heavy (non-hydrogen) atoms. The van der Waals surface area contributed by atoms with Crippen molar-refractivity contribution in [3.63, 3.8) is 0 Å². The number of aromatic nitrogens is 6. The molecule has 0 bridgehead atoms. The van der Waals surface area contributed by atoms with E-state index in [2.05, 4.69) is 27.1 Å². The van der Waals surface area contributed by atoms with Crippen molar-refractivity contribution < 1.29 is 27.3 Å². The van der Waals surface area contributed by atoms with Crippen molar-refractivity contribution >= 4 is 7.82 Å². The maximum atomic E-state index is 15.1. The second-order valence-corrected chi connectivity index (χ2v) is 10.4. The molecular formula is C24H35F2N6O4P. The molecule has 0 fully saturated rings. The maximum absolute atomic E-state index is 15.1. The second kappa shape index (κ2) is 14.4. The van der Waals surface area contributed by atoms with E-state index in [1.807, 2.05) is 0 Å². The predicted octanol–water partition coefficient (Wildman–Crippen LogP) is 5.41. The van der Waals surface area contributed by atoms with Gasteiger partial charge in [0.15, 0.2) is 0 Å². The van der Waals surface area contributed by atoms with Gasteiger partial charge in [-0.05, 0) is 12.5 Å². The summed E-state index contributed by atoms with van der Waals surface area (Å²) in [5.74, 6) is -1.76. The molecule has 0 amide bonds. The van der Waals surface area contributed by atoms with Gasteiger partial charge in [0.25, 0.3) is 0 Å². The minimum atomic E-state index is -4.71. The van der Waals surface area contributed by atoms with Gasteiger partial charge in [0.1, 0.15) is 42.5 Å². The van der Waals surface area contributed by atoms with Gasteiger partial charge in [-0.15, -0.1) is 0 Å². The molecule has 3 aromatic rings. The van der Waals surface area contributed by atoms with Gasteiger partial charge in [-0.1, -0.05) is 64.4 Å². The molecule has 1 unspecified atom stereocenters. The van der Waals surface area contributed by atoms with Gasteiger partial charge in [-0.3, -0.25) is 9.05 Å². The van der Waals surface area contributed by atoms with E-state index < -0.39 is 25.1 Å². The van der Waals surface area contributed by atoms with E-state index in [1.54, 1.807) is 0 Å². The minimum Gasteiger partial charge on any atom is -0.302 e. The fourth-order valence-electron chi connectivity index (χ4n) is 4.18. The monoisotopic (exact) mass is 540 g/mol. The lowest BCUT2D eigenvalue weighted by Crippen LogP contribution is -2.40. The Hall–Kier alpha value is -2.53. The summed E-state index contributed by atoms with van der Waals surface area (Å²) in [7, 11) is -4.71. The average molecular weight is 541 g/mol. The minimum absolute atomic E-state index is 0.00174. The average Bonchev–Trinajstić information content (AvgIpc) is 3.54. The van der Waals surface area contributed by atoms with Gasteiger partial charge in [0.2, 0.25) is 0 Å². The van der Waals surface area contributed by atoms with Crippen LogP contribution in [0.1, 0.15) is 70.3 Å². The van der Waals surface area contributed by atoms with E-state index in [1.165, 1.54) is 72.8 Å². The Morgan fingerprint density at radius 1 is 0.919 bits per heavy atom. The third-order valence-electron chi connectivity index (χ3n) is 5.98. The zero-order valence-electron chi connectivity index (χ0n) is 21.1. The van der Waals surface area contributed by atoms with Crippen LogP contribution in [-0.2, 0) is 32.3 Å². The van der Waals surface area contributed by atoms with Crippen molar-refractivity contribution in [3.05, 3.63) is 60.7 Å². The van der Waals surface area contributed by atoms with Crippen molar-refractivity contribution in [3.8, 4) is 0 Å². The molecule has 13 heteroatoms. The first-order valence-corrected chi connectivity index (χ1v) is 14.1. The standard InChI is InChI=1S/C24H35F2N6O4P/c1-2-3-4-5-6-7-8-9-10-13-35-37(33,34)36-24(15-31-19-27-17-29-31,16-32-20-28-18-30-32)22-12-11-21(25)14-23(22)26/h11-12,14,17-20H,2-10,13,15-16H2,1H3,(H,33,34). The molecule has 2 aromatic heterocycles. The van der Waals surface area contributed by atoms with Crippen molar-refractivity contribution in [1.29, 1.82) is 0 Å². The Labute approximate surface area is 215 Å². The molecule has 10 nitrogen and oxygen atoms in total. The molecule has 1 aromatic carbocycles. The van der Waals surface area contributed by atoms with E-state index in [4.69, 9.17) is 9.05 Å². The highest BCUT2D eigenvalue weighted by molar-refractivity contribution is 7.47. The molecule has 1 atom stereocenters. The van der Waals surface area contributed by atoms with Gasteiger partial charge in [-0.25, -0.2) is 32.7 Å². The first-order chi connectivity index (χ1) is 17.8. The topological polar surface area (TPSA) is 117 Å². The normalized spacial score (nSPS) is 13.6. The van der Waals surface area contributed by atoms with Crippen LogP contribution in [0, 0.1) is 11.6 Å². The van der Waals surface area contributed by atoms with Gasteiger partial charge in [-0.2, -0.15) is 10.2 Å². The Balaban J connectivity index is 1.71. The second-order valence-electron chi connectivity index (χ2n) is 9.03. The Bertz CT molecular complexity index is 1060. The molecule has 0 aliphatic heterocycles. The highest BCUT2D eigenvalue weighted by Gasteiger charge is 2.44. The molecule has 0 spiro atoms. The summed E-state index contributed by atoms with van der Waals surface area (Å²) in [4.78, 5) is 18.4. The van der Waals surface area contributed by atoms with Crippen LogP contribution in [-0.4, -0.2) is 41.0 Å². The molecule has 0 aliphatic carbocycles. The Morgan fingerprint density at radius 3 is 2.00 bits per heavy atom. The highest BCUT2D eigenvalue weighted by atomic mass is 31.2. The van der Waals surface area contributed by atoms with E-state index in [9.17, 15) is 13.8 Å². The van der Waals surface area contributed by atoms with Gasteiger partial charge >= 0.3 is 7.82 Å². The number of halogens is 2. The molecular weight excluding hydrogens is 505 g/mol. The number of phosphoric ester groups is 1. The number of rotatable bonds is 18. The Morgan fingerprint density at radius 2 is 1.49 bits per heavy atom. The first kappa shape index (κ1) is 29.0. The number of benzene rings is 1. The van der Waals surface area contributed by atoms with Crippen molar-refractivity contribution in [2.24, 2.45) is 0 Å². The lowest BCUT2D eigenvalue weighted by Gasteiger charge is -2.35. The van der Waals surface area contributed by atoms with Crippen LogP contribution in [0.15, 0.2) is 43.5 Å². The zero-order valence-corrected chi connectivity index (χ0v) is 22.0. The van der Waals surface area contributed by atoms with Gasteiger partial charge in [0, 0.05) is 11.6 Å². The summed E-state index contributed by atoms with van der Waals surface area (Å²) in [6.45, 7) is 1.72. The van der Waals surface area contributed by atoms with E-state index in [0.29, 0.717) is 12.5 Å². The largest absolute Gasteiger partial charge is 0.473 e. The van der Waals surface area contributed by atoms with Crippen molar-refractivity contribution in [2.45, 2.75) is 83.4 Å². The summed E-state index contributed by atoms with van der Waals surface area (Å²) in [6, 6.07) is 2.89. The summed E-state index contributed by atoms with van der Waals surface area (Å²) in [5.41, 5.74) is -2.03. The molecule has 3 rings (SSSR count). The zero-order chi connectivity index (χ0) is 26.6. The van der Waals surface area contributed by atoms with Crippen LogP contribution in [0.5, 0.6) is 0 Å². The van der Waals surface area contributed by atoms with Crippen LogP contribution < -0.4 is 0 Å². The molecule has 1 N–H and O–H groups in total. The number of phosphoric acid groups is 1. The fourth-order valence-corrected chi connectivity index (χ4v) is 5.25.